The van der Waals surface area contributed by atoms with Crippen molar-refractivity contribution in [1.82, 2.24) is 4.57 Å². The van der Waals surface area contributed by atoms with Gasteiger partial charge in [-0.05, 0) is 71.1 Å². The molecule has 0 unspecified atom stereocenters. The van der Waals surface area contributed by atoms with Crippen LogP contribution >= 0.6 is 0 Å². The Balaban J connectivity index is 1.83. The number of aliphatic carboxylic acids is 1. The Bertz CT molecular complexity index is 1230. The van der Waals surface area contributed by atoms with Gasteiger partial charge in [-0.3, -0.25) is 0 Å². The molecule has 0 aliphatic rings. The van der Waals surface area contributed by atoms with Crippen molar-refractivity contribution >= 4 is 22.4 Å². The Hall–Kier alpha value is -3.73. The maximum absolute atomic E-state index is 13.6. The maximum Gasteiger partial charge on any atom is 0.328 e. The van der Waals surface area contributed by atoms with E-state index in [1.807, 2.05) is 37.4 Å². The zero-order valence-electron chi connectivity index (χ0n) is 17.6. The number of hydrogen-bond donors (Lipinski definition) is 1. The van der Waals surface area contributed by atoms with Gasteiger partial charge in [-0.15, -0.1) is 0 Å². The molecule has 5 heteroatoms. The summed E-state index contributed by atoms with van der Waals surface area (Å²) in [6, 6.07) is 20.2. The average molecular weight is 431 g/mol. The summed E-state index contributed by atoms with van der Waals surface area (Å²) in [6.07, 6.45) is 4.73. The Kier molecular flexibility index (Phi) is 6.17. The second-order valence-electron chi connectivity index (χ2n) is 7.76. The van der Waals surface area contributed by atoms with Crippen LogP contribution in [0.3, 0.4) is 0 Å². The molecule has 0 spiro atoms. The molecule has 4 aromatic rings. The molecule has 0 atom stereocenters. The Morgan fingerprint density at radius 3 is 2.06 bits per heavy atom. The predicted molar refractivity (Wildman–Crippen MR) is 122 cm³/mol. The second kappa shape index (κ2) is 9.18. The van der Waals surface area contributed by atoms with Crippen molar-refractivity contribution in [3.8, 4) is 0 Å². The minimum absolute atomic E-state index is 0.274. The van der Waals surface area contributed by atoms with Crippen LogP contribution in [0.5, 0.6) is 0 Å². The molecule has 162 valence electrons. The van der Waals surface area contributed by atoms with Crippen molar-refractivity contribution in [3.05, 3.63) is 113 Å². The number of hydrogen-bond acceptors (Lipinski definition) is 1. The van der Waals surface area contributed by atoms with Crippen molar-refractivity contribution in [2.75, 3.05) is 0 Å². The standard InChI is InChI=1S/C27H23F2NO2/c1-2-3-20(17-26(31)32)21-8-13-25-22(16-21)14-15-30(25)27(18-4-9-23(28)10-5-18)19-6-11-24(29)12-7-19/h4-17,27H,2-3H2,1H3,(H,31,32)/b20-17+. The third kappa shape index (κ3) is 4.47. The van der Waals surface area contributed by atoms with Crippen molar-refractivity contribution in [3.63, 3.8) is 0 Å². The number of nitrogens with zero attached hydrogens (tertiary/aromatic N) is 1. The van der Waals surface area contributed by atoms with Gasteiger partial charge >= 0.3 is 5.97 Å². The van der Waals surface area contributed by atoms with Gasteiger partial charge in [-0.1, -0.05) is 43.7 Å². The van der Waals surface area contributed by atoms with Gasteiger partial charge in [0, 0.05) is 23.2 Å². The highest BCUT2D eigenvalue weighted by atomic mass is 19.1. The zero-order chi connectivity index (χ0) is 22.7. The molecule has 0 aliphatic carbocycles. The Morgan fingerprint density at radius 1 is 0.938 bits per heavy atom. The molecule has 0 bridgehead atoms. The number of rotatable bonds is 7. The number of benzene rings is 3. The van der Waals surface area contributed by atoms with E-state index in [1.54, 1.807) is 24.3 Å². The summed E-state index contributed by atoms with van der Waals surface area (Å²) >= 11 is 0. The molecule has 1 aromatic heterocycles. The summed E-state index contributed by atoms with van der Waals surface area (Å²) in [5.74, 6) is -1.59. The quantitative estimate of drug-likeness (QED) is 0.326. The fourth-order valence-electron chi connectivity index (χ4n) is 4.11. The molecule has 0 saturated heterocycles. The predicted octanol–water partition coefficient (Wildman–Crippen LogP) is 6.83. The molecule has 0 radical (unpaired) electrons. The molecule has 0 amide bonds. The van der Waals surface area contributed by atoms with Gasteiger partial charge in [-0.2, -0.15) is 0 Å². The van der Waals surface area contributed by atoms with E-state index in [0.29, 0.717) is 6.42 Å². The fourth-order valence-corrected chi connectivity index (χ4v) is 4.11. The van der Waals surface area contributed by atoms with Gasteiger partial charge in [-0.25, -0.2) is 13.6 Å². The van der Waals surface area contributed by atoms with Gasteiger partial charge in [0.1, 0.15) is 11.6 Å². The van der Waals surface area contributed by atoms with Crippen molar-refractivity contribution < 1.29 is 18.7 Å². The van der Waals surface area contributed by atoms with Crippen LogP contribution in [0.2, 0.25) is 0 Å². The first-order valence-corrected chi connectivity index (χ1v) is 10.5. The lowest BCUT2D eigenvalue weighted by atomic mass is 9.97. The van der Waals surface area contributed by atoms with E-state index in [9.17, 15) is 18.7 Å². The van der Waals surface area contributed by atoms with E-state index < -0.39 is 5.97 Å². The molecule has 0 aliphatic heterocycles. The number of carbonyl (C=O) groups is 1. The van der Waals surface area contributed by atoms with Crippen LogP contribution in [-0.2, 0) is 4.79 Å². The molecular formula is C27H23F2NO2. The topological polar surface area (TPSA) is 42.2 Å². The molecular weight excluding hydrogens is 408 g/mol. The highest BCUT2D eigenvalue weighted by Crippen LogP contribution is 2.33. The SMILES string of the molecule is CCC/C(=C\C(=O)O)c1ccc2c(ccn2C(c2ccc(F)cc2)c2ccc(F)cc2)c1. The van der Waals surface area contributed by atoms with Gasteiger partial charge in [0.15, 0.2) is 0 Å². The Labute approximate surface area is 185 Å². The highest BCUT2D eigenvalue weighted by molar-refractivity contribution is 5.92. The van der Waals surface area contributed by atoms with Crippen molar-refractivity contribution in [1.29, 1.82) is 0 Å². The molecule has 3 aromatic carbocycles. The monoisotopic (exact) mass is 431 g/mol. The lowest BCUT2D eigenvalue weighted by molar-refractivity contribution is -0.131. The van der Waals surface area contributed by atoms with Crippen molar-refractivity contribution in [2.45, 2.75) is 25.8 Å². The molecule has 0 fully saturated rings. The molecule has 32 heavy (non-hydrogen) atoms. The zero-order valence-corrected chi connectivity index (χ0v) is 17.6. The number of fused-ring (bicyclic) bond motifs is 1. The summed E-state index contributed by atoms with van der Waals surface area (Å²) in [5, 5.41) is 10.2. The van der Waals surface area contributed by atoms with Gasteiger partial charge in [0.25, 0.3) is 0 Å². The number of halogens is 2. The molecule has 3 nitrogen and oxygen atoms in total. The van der Waals surface area contributed by atoms with Crippen molar-refractivity contribution in [2.24, 2.45) is 0 Å². The van der Waals surface area contributed by atoms with E-state index >= 15 is 0 Å². The number of carboxylic acid groups (broad SMARTS) is 1. The Morgan fingerprint density at radius 2 is 1.53 bits per heavy atom. The minimum atomic E-state index is -0.959. The number of allylic oxidation sites excluding steroid dienone is 1. The van der Waals surface area contributed by atoms with E-state index in [-0.39, 0.29) is 17.7 Å². The summed E-state index contributed by atoms with van der Waals surface area (Å²) in [6.45, 7) is 2.01. The van der Waals surface area contributed by atoms with Crippen LogP contribution in [-0.4, -0.2) is 15.6 Å². The van der Waals surface area contributed by atoms with E-state index in [4.69, 9.17) is 0 Å². The summed E-state index contributed by atoms with van der Waals surface area (Å²) in [4.78, 5) is 11.2. The summed E-state index contributed by atoms with van der Waals surface area (Å²) in [5.41, 5.74) is 4.34. The van der Waals surface area contributed by atoms with Gasteiger partial charge in [0.05, 0.1) is 6.04 Å². The maximum atomic E-state index is 13.6. The van der Waals surface area contributed by atoms with E-state index in [1.165, 1.54) is 30.3 Å². The summed E-state index contributed by atoms with van der Waals surface area (Å²) in [7, 11) is 0. The lowest BCUT2D eigenvalue weighted by Gasteiger charge is -2.22. The fraction of sp³-hybridized carbons (Fsp3) is 0.148. The van der Waals surface area contributed by atoms with E-state index in [0.717, 1.165) is 39.6 Å². The first-order chi connectivity index (χ1) is 15.5. The first-order valence-electron chi connectivity index (χ1n) is 10.5. The van der Waals surface area contributed by atoms with Crippen LogP contribution < -0.4 is 0 Å². The largest absolute Gasteiger partial charge is 0.478 e. The third-order valence-electron chi connectivity index (χ3n) is 5.56. The van der Waals surface area contributed by atoms with Crippen LogP contribution in [0.1, 0.15) is 42.5 Å². The molecule has 4 rings (SSSR count). The second-order valence-corrected chi connectivity index (χ2v) is 7.76. The van der Waals surface area contributed by atoms with Crippen LogP contribution in [0.25, 0.3) is 16.5 Å². The number of aromatic nitrogens is 1. The average Bonchev–Trinajstić information content (AvgIpc) is 3.19. The normalized spacial score (nSPS) is 11.9. The van der Waals surface area contributed by atoms with E-state index in [2.05, 4.69) is 4.57 Å². The summed E-state index contributed by atoms with van der Waals surface area (Å²) < 4.78 is 29.2. The third-order valence-corrected chi connectivity index (χ3v) is 5.56. The molecule has 1 heterocycles. The van der Waals surface area contributed by atoms with Crippen LogP contribution in [0, 0.1) is 11.6 Å². The van der Waals surface area contributed by atoms with Gasteiger partial charge in [0.2, 0.25) is 0 Å². The van der Waals surface area contributed by atoms with Crippen LogP contribution in [0.15, 0.2) is 85.1 Å². The number of carboxylic acids is 1. The minimum Gasteiger partial charge on any atom is -0.478 e. The van der Waals surface area contributed by atoms with Crippen LogP contribution in [0.4, 0.5) is 8.78 Å². The molecule has 1 N–H and O–H groups in total. The van der Waals surface area contributed by atoms with Gasteiger partial charge < -0.3 is 9.67 Å². The lowest BCUT2D eigenvalue weighted by Crippen LogP contribution is -2.11. The highest BCUT2D eigenvalue weighted by Gasteiger charge is 2.19. The molecule has 0 saturated carbocycles. The smallest absolute Gasteiger partial charge is 0.328 e. The first kappa shape index (κ1) is 21.5.